The van der Waals surface area contributed by atoms with Crippen LogP contribution < -0.4 is 10.2 Å². The van der Waals surface area contributed by atoms with E-state index in [1.165, 1.54) is 17.6 Å². The van der Waals surface area contributed by atoms with Gasteiger partial charge in [-0.25, -0.2) is 14.6 Å². The molecule has 1 aliphatic heterocycles. The van der Waals surface area contributed by atoms with E-state index in [9.17, 15) is 0 Å². The minimum atomic E-state index is 0.536. The van der Waals surface area contributed by atoms with E-state index in [1.807, 2.05) is 0 Å². The summed E-state index contributed by atoms with van der Waals surface area (Å²) in [5.41, 5.74) is 3.41. The highest BCUT2D eigenvalue weighted by atomic mass is 16.5. The number of aromatic nitrogens is 5. The molecule has 0 atom stereocenters. The second-order valence-electron chi connectivity index (χ2n) is 7.15. The predicted octanol–water partition coefficient (Wildman–Crippen LogP) is 2.97. The molecule has 1 aliphatic rings. The fourth-order valence-corrected chi connectivity index (χ4v) is 3.59. The summed E-state index contributed by atoms with van der Waals surface area (Å²) in [6.07, 6.45) is 7.14. The van der Waals surface area contributed by atoms with Crippen LogP contribution in [0.2, 0.25) is 0 Å². The number of hydrogen-bond donors (Lipinski definition) is 1. The first-order valence-corrected chi connectivity index (χ1v) is 9.52. The molecule has 0 spiro atoms. The second-order valence-corrected chi connectivity index (χ2v) is 7.15. The smallest absolute Gasteiger partial charge is 0.247 e. The van der Waals surface area contributed by atoms with Gasteiger partial charge in [-0.05, 0) is 49.4 Å². The van der Waals surface area contributed by atoms with Gasteiger partial charge < -0.3 is 15.0 Å². The molecule has 1 aromatic carbocycles. The maximum atomic E-state index is 5.31. The molecule has 4 rings (SSSR count). The fourth-order valence-electron chi connectivity index (χ4n) is 3.59. The number of rotatable bonds is 6. The summed E-state index contributed by atoms with van der Waals surface area (Å²) in [4.78, 5) is 14.9. The zero-order valence-corrected chi connectivity index (χ0v) is 16.2. The molecule has 0 aliphatic carbocycles. The van der Waals surface area contributed by atoms with Gasteiger partial charge in [0.25, 0.3) is 0 Å². The Hall–Kier alpha value is -3.00. The van der Waals surface area contributed by atoms with Crippen molar-refractivity contribution in [1.82, 2.24) is 24.7 Å². The molecule has 3 aromatic rings. The largest absolute Gasteiger partial charge is 0.384 e. The van der Waals surface area contributed by atoms with E-state index in [1.54, 1.807) is 30.4 Å². The van der Waals surface area contributed by atoms with Crippen molar-refractivity contribution in [2.45, 2.75) is 19.8 Å². The average Bonchev–Trinajstić information content (AvgIpc) is 3.17. The number of piperidine rings is 1. The molecule has 146 valence electrons. The minimum absolute atomic E-state index is 0.536. The first kappa shape index (κ1) is 18.4. The lowest BCUT2D eigenvalue weighted by atomic mass is 9.97. The van der Waals surface area contributed by atoms with Crippen LogP contribution in [0.3, 0.4) is 0 Å². The standard InChI is InChI=1S/C20H25N7O/c1-15-9-17(11-18(10-15)26-7-4-16(5-8-26)12-28-2)24-20-23-14-27(25-20)19-3-6-21-13-22-19/h3,6,9-11,13-14,16H,4-5,7-8,12H2,1-2H3,(H,24,25). The average molecular weight is 379 g/mol. The summed E-state index contributed by atoms with van der Waals surface area (Å²) >= 11 is 0. The van der Waals surface area contributed by atoms with Gasteiger partial charge in [0.1, 0.15) is 12.7 Å². The lowest BCUT2D eigenvalue weighted by molar-refractivity contribution is 0.139. The number of nitrogens with one attached hydrogen (secondary N) is 1. The summed E-state index contributed by atoms with van der Waals surface area (Å²) in [7, 11) is 1.78. The van der Waals surface area contributed by atoms with Crippen LogP contribution in [0.4, 0.5) is 17.3 Å². The maximum Gasteiger partial charge on any atom is 0.247 e. The lowest BCUT2D eigenvalue weighted by Crippen LogP contribution is -2.35. The quantitative estimate of drug-likeness (QED) is 0.705. The summed E-state index contributed by atoms with van der Waals surface area (Å²) in [6.45, 7) is 5.07. The van der Waals surface area contributed by atoms with Gasteiger partial charge in [-0.15, -0.1) is 5.10 Å². The third-order valence-electron chi connectivity index (χ3n) is 4.99. The van der Waals surface area contributed by atoms with E-state index in [-0.39, 0.29) is 0 Å². The molecule has 1 fully saturated rings. The number of aryl methyl sites for hydroxylation is 1. The van der Waals surface area contributed by atoms with Crippen LogP contribution in [0.25, 0.3) is 5.82 Å². The van der Waals surface area contributed by atoms with Gasteiger partial charge in [0.05, 0.1) is 0 Å². The van der Waals surface area contributed by atoms with E-state index >= 15 is 0 Å². The summed E-state index contributed by atoms with van der Waals surface area (Å²) in [5.74, 6) is 1.88. The summed E-state index contributed by atoms with van der Waals surface area (Å²) in [5, 5.41) is 7.77. The molecular formula is C20H25N7O. The highest BCUT2D eigenvalue weighted by Gasteiger charge is 2.20. The van der Waals surface area contributed by atoms with Crippen molar-refractivity contribution >= 4 is 17.3 Å². The van der Waals surface area contributed by atoms with Crippen LogP contribution >= 0.6 is 0 Å². The molecule has 1 N–H and O–H groups in total. The van der Waals surface area contributed by atoms with Crippen molar-refractivity contribution in [3.63, 3.8) is 0 Å². The Morgan fingerprint density at radius 2 is 2.04 bits per heavy atom. The molecule has 8 nitrogen and oxygen atoms in total. The Labute approximate surface area is 164 Å². The Morgan fingerprint density at radius 3 is 2.79 bits per heavy atom. The van der Waals surface area contributed by atoms with E-state index in [0.29, 0.717) is 17.7 Å². The normalized spacial score (nSPS) is 15.0. The van der Waals surface area contributed by atoms with Crippen molar-refractivity contribution in [3.8, 4) is 5.82 Å². The Balaban J connectivity index is 1.47. The second kappa shape index (κ2) is 8.35. The molecular weight excluding hydrogens is 354 g/mol. The maximum absolute atomic E-state index is 5.31. The monoisotopic (exact) mass is 379 g/mol. The van der Waals surface area contributed by atoms with E-state index < -0.39 is 0 Å². The highest BCUT2D eigenvalue weighted by Crippen LogP contribution is 2.28. The molecule has 28 heavy (non-hydrogen) atoms. The number of nitrogens with zero attached hydrogens (tertiary/aromatic N) is 6. The molecule has 2 aromatic heterocycles. The fraction of sp³-hybridized carbons (Fsp3) is 0.400. The number of hydrogen-bond acceptors (Lipinski definition) is 7. The van der Waals surface area contributed by atoms with Crippen LogP contribution in [0, 0.1) is 12.8 Å². The van der Waals surface area contributed by atoms with Crippen LogP contribution in [-0.4, -0.2) is 51.5 Å². The van der Waals surface area contributed by atoms with Gasteiger partial charge in [0.2, 0.25) is 5.95 Å². The SMILES string of the molecule is COCC1CCN(c2cc(C)cc(Nc3ncn(-c4ccncn4)n3)c2)CC1. The van der Waals surface area contributed by atoms with Gasteiger partial charge in [-0.3, -0.25) is 0 Å². The Bertz CT molecular complexity index is 904. The van der Waals surface area contributed by atoms with Gasteiger partial charge in [0.15, 0.2) is 5.82 Å². The number of ether oxygens (including phenoxy) is 1. The third-order valence-corrected chi connectivity index (χ3v) is 4.99. The molecule has 0 amide bonds. The van der Waals surface area contributed by atoms with Crippen LogP contribution in [0.5, 0.6) is 0 Å². The van der Waals surface area contributed by atoms with E-state index in [4.69, 9.17) is 4.74 Å². The van der Waals surface area contributed by atoms with Gasteiger partial charge in [-0.1, -0.05) is 0 Å². The Morgan fingerprint density at radius 1 is 1.18 bits per heavy atom. The van der Waals surface area contributed by atoms with Gasteiger partial charge >= 0.3 is 0 Å². The highest BCUT2D eigenvalue weighted by molar-refractivity contribution is 5.64. The van der Waals surface area contributed by atoms with E-state index in [0.717, 1.165) is 38.2 Å². The van der Waals surface area contributed by atoms with Gasteiger partial charge in [-0.2, -0.15) is 4.98 Å². The summed E-state index contributed by atoms with van der Waals surface area (Å²) in [6, 6.07) is 8.28. The molecule has 3 heterocycles. The molecule has 8 heteroatoms. The molecule has 0 bridgehead atoms. The molecule has 0 unspecified atom stereocenters. The minimum Gasteiger partial charge on any atom is -0.384 e. The topological polar surface area (TPSA) is 81.0 Å². The van der Waals surface area contributed by atoms with Crippen LogP contribution in [-0.2, 0) is 4.74 Å². The van der Waals surface area contributed by atoms with Crippen LogP contribution in [0.1, 0.15) is 18.4 Å². The van der Waals surface area contributed by atoms with Crippen molar-refractivity contribution in [2.24, 2.45) is 5.92 Å². The first-order valence-electron chi connectivity index (χ1n) is 9.52. The molecule has 0 saturated carbocycles. The van der Waals surface area contributed by atoms with Crippen molar-refractivity contribution in [1.29, 1.82) is 0 Å². The summed E-state index contributed by atoms with van der Waals surface area (Å²) < 4.78 is 6.93. The first-order chi connectivity index (χ1) is 13.7. The number of methoxy groups -OCH3 is 1. The Kier molecular flexibility index (Phi) is 5.48. The lowest BCUT2D eigenvalue weighted by Gasteiger charge is -2.33. The predicted molar refractivity (Wildman–Crippen MR) is 108 cm³/mol. The van der Waals surface area contributed by atoms with Crippen molar-refractivity contribution in [3.05, 3.63) is 48.7 Å². The van der Waals surface area contributed by atoms with Crippen molar-refractivity contribution in [2.75, 3.05) is 37.0 Å². The number of anilines is 3. The zero-order chi connectivity index (χ0) is 19.3. The van der Waals surface area contributed by atoms with Crippen LogP contribution in [0.15, 0.2) is 43.1 Å². The third kappa shape index (κ3) is 4.28. The van der Waals surface area contributed by atoms with E-state index in [2.05, 4.69) is 55.4 Å². The number of benzene rings is 1. The molecule has 1 saturated heterocycles. The van der Waals surface area contributed by atoms with Crippen molar-refractivity contribution < 1.29 is 4.74 Å². The van der Waals surface area contributed by atoms with Gasteiger partial charge in [0, 0.05) is 50.4 Å². The zero-order valence-electron chi connectivity index (χ0n) is 16.2. The molecule has 0 radical (unpaired) electrons.